The molecule has 18 heavy (non-hydrogen) atoms. The maximum Gasteiger partial charge on any atom is 0.204 e. The number of aliphatic hydroxyl groups excluding tert-OH is 1. The topological polar surface area (TPSA) is 50.1 Å². The summed E-state index contributed by atoms with van der Waals surface area (Å²) in [5.41, 5.74) is 1.79. The number of fused-ring (bicyclic) bond motifs is 1. The van der Waals surface area contributed by atoms with Crippen molar-refractivity contribution in [3.8, 4) is 0 Å². The van der Waals surface area contributed by atoms with Crippen molar-refractivity contribution < 1.29 is 5.11 Å². The number of nitrogens with one attached hydrogen (secondary N) is 1. The fourth-order valence-corrected chi connectivity index (χ4v) is 2.18. The molecule has 0 unspecified atom stereocenters. The molecule has 0 aliphatic carbocycles. The Morgan fingerprint density at radius 3 is 2.50 bits per heavy atom. The molecule has 0 atom stereocenters. The first kappa shape index (κ1) is 12.9. The van der Waals surface area contributed by atoms with Gasteiger partial charge in [0.2, 0.25) is 5.95 Å². The van der Waals surface area contributed by atoms with E-state index < -0.39 is 0 Å². The number of aryl methyl sites for hydroxylation is 1. The highest BCUT2D eigenvalue weighted by atomic mass is 16.3. The second-order valence-electron chi connectivity index (χ2n) is 4.75. The van der Waals surface area contributed by atoms with Gasteiger partial charge in [0.15, 0.2) is 0 Å². The second kappa shape index (κ2) is 4.98. The highest BCUT2D eigenvalue weighted by Gasteiger charge is 2.26. The Balaban J connectivity index is 2.39. The lowest BCUT2D eigenvalue weighted by molar-refractivity contribution is 0.201. The zero-order valence-corrected chi connectivity index (χ0v) is 11.3. The third-order valence-corrected chi connectivity index (χ3v) is 3.82. The number of imidazole rings is 1. The predicted octanol–water partition coefficient (Wildman–Crippen LogP) is 2.54. The summed E-state index contributed by atoms with van der Waals surface area (Å²) in [6.07, 6.45) is 1.73. The largest absolute Gasteiger partial charge is 0.394 e. The molecule has 1 aromatic heterocycles. The van der Waals surface area contributed by atoms with Crippen molar-refractivity contribution in [2.45, 2.75) is 32.2 Å². The molecule has 0 aliphatic heterocycles. The molecule has 4 heteroatoms. The van der Waals surface area contributed by atoms with Crippen LogP contribution in [0.2, 0.25) is 0 Å². The Hall–Kier alpha value is -1.55. The first-order valence-electron chi connectivity index (χ1n) is 6.46. The Kier molecular flexibility index (Phi) is 3.57. The van der Waals surface area contributed by atoms with Gasteiger partial charge in [0.25, 0.3) is 0 Å². The highest BCUT2D eigenvalue weighted by molar-refractivity contribution is 5.78. The van der Waals surface area contributed by atoms with Gasteiger partial charge in [-0.15, -0.1) is 0 Å². The van der Waals surface area contributed by atoms with Gasteiger partial charge in [0, 0.05) is 7.05 Å². The number of hydrogen-bond donors (Lipinski definition) is 2. The monoisotopic (exact) mass is 247 g/mol. The minimum Gasteiger partial charge on any atom is -0.394 e. The van der Waals surface area contributed by atoms with Crippen LogP contribution >= 0.6 is 0 Å². The molecule has 2 rings (SSSR count). The summed E-state index contributed by atoms with van der Waals surface area (Å²) in [6, 6.07) is 8.04. The number of anilines is 1. The van der Waals surface area contributed by atoms with Gasteiger partial charge in [-0.3, -0.25) is 0 Å². The van der Waals surface area contributed by atoms with Crippen LogP contribution in [0.4, 0.5) is 5.95 Å². The van der Waals surface area contributed by atoms with Crippen LogP contribution in [-0.2, 0) is 7.05 Å². The molecule has 0 saturated carbocycles. The fraction of sp³-hybridized carbons (Fsp3) is 0.500. The molecular weight excluding hydrogens is 226 g/mol. The number of hydrogen-bond acceptors (Lipinski definition) is 3. The zero-order valence-electron chi connectivity index (χ0n) is 11.3. The molecule has 0 spiro atoms. The molecular formula is C14H21N3O. The first-order chi connectivity index (χ1) is 8.65. The normalized spacial score (nSPS) is 12.0. The molecule has 0 saturated heterocycles. The van der Waals surface area contributed by atoms with Crippen LogP contribution in [0.5, 0.6) is 0 Å². The summed E-state index contributed by atoms with van der Waals surface area (Å²) in [7, 11) is 1.99. The average molecular weight is 247 g/mol. The van der Waals surface area contributed by atoms with Gasteiger partial charge in [-0.2, -0.15) is 0 Å². The van der Waals surface area contributed by atoms with Crippen molar-refractivity contribution >= 4 is 17.0 Å². The SMILES string of the molecule is CCC(CC)(CO)Nc1nc2ccccc2n1C. The standard InChI is InChI=1S/C14H21N3O/c1-4-14(5-2,10-18)16-13-15-11-8-6-7-9-12(11)17(13)3/h6-9,18H,4-5,10H2,1-3H3,(H,15,16). The molecule has 2 aromatic rings. The average Bonchev–Trinajstić information content (AvgIpc) is 2.73. The van der Waals surface area contributed by atoms with E-state index in [4.69, 9.17) is 0 Å². The summed E-state index contributed by atoms with van der Waals surface area (Å²) in [6.45, 7) is 4.27. The van der Waals surface area contributed by atoms with E-state index in [0.717, 1.165) is 29.8 Å². The van der Waals surface area contributed by atoms with Crippen LogP contribution < -0.4 is 5.32 Å². The quantitative estimate of drug-likeness (QED) is 0.853. The number of aromatic nitrogens is 2. The summed E-state index contributed by atoms with van der Waals surface area (Å²) in [5, 5.41) is 13.0. The summed E-state index contributed by atoms with van der Waals surface area (Å²) < 4.78 is 2.03. The molecule has 0 amide bonds. The van der Waals surface area contributed by atoms with Crippen LogP contribution in [0.1, 0.15) is 26.7 Å². The van der Waals surface area contributed by atoms with Crippen LogP contribution in [0.25, 0.3) is 11.0 Å². The van der Waals surface area contributed by atoms with E-state index in [9.17, 15) is 5.11 Å². The number of rotatable bonds is 5. The maximum atomic E-state index is 9.60. The molecule has 4 nitrogen and oxygen atoms in total. The molecule has 1 aromatic carbocycles. The van der Waals surface area contributed by atoms with Crippen molar-refractivity contribution in [3.63, 3.8) is 0 Å². The number of aliphatic hydroxyl groups is 1. The van der Waals surface area contributed by atoms with Crippen LogP contribution in [-0.4, -0.2) is 26.8 Å². The number of nitrogens with zero attached hydrogens (tertiary/aromatic N) is 2. The van der Waals surface area contributed by atoms with Gasteiger partial charge in [0.1, 0.15) is 0 Å². The van der Waals surface area contributed by atoms with E-state index in [1.807, 2.05) is 35.9 Å². The lowest BCUT2D eigenvalue weighted by Crippen LogP contribution is -2.41. The van der Waals surface area contributed by atoms with E-state index in [1.165, 1.54) is 0 Å². The zero-order chi connectivity index (χ0) is 13.2. The van der Waals surface area contributed by atoms with Crippen molar-refractivity contribution in [2.75, 3.05) is 11.9 Å². The number of benzene rings is 1. The van der Waals surface area contributed by atoms with Crippen molar-refractivity contribution in [2.24, 2.45) is 7.05 Å². The fourth-order valence-electron chi connectivity index (χ4n) is 2.18. The molecule has 0 bridgehead atoms. The highest BCUT2D eigenvalue weighted by Crippen LogP contribution is 2.24. The minimum atomic E-state index is -0.283. The molecule has 0 aliphatic rings. The first-order valence-corrected chi connectivity index (χ1v) is 6.46. The van der Waals surface area contributed by atoms with E-state index in [-0.39, 0.29) is 12.1 Å². The van der Waals surface area contributed by atoms with Gasteiger partial charge >= 0.3 is 0 Å². The molecule has 0 fully saturated rings. The Bertz CT molecular complexity index is 521. The Morgan fingerprint density at radius 2 is 1.94 bits per heavy atom. The summed E-state index contributed by atoms with van der Waals surface area (Å²) in [4.78, 5) is 4.58. The third kappa shape index (κ3) is 2.08. The van der Waals surface area contributed by atoms with Gasteiger partial charge in [-0.25, -0.2) is 4.98 Å². The molecule has 98 valence electrons. The van der Waals surface area contributed by atoms with E-state index >= 15 is 0 Å². The minimum absolute atomic E-state index is 0.114. The summed E-state index contributed by atoms with van der Waals surface area (Å²) >= 11 is 0. The Morgan fingerprint density at radius 1 is 1.28 bits per heavy atom. The van der Waals surface area contributed by atoms with Gasteiger partial charge in [-0.1, -0.05) is 26.0 Å². The third-order valence-electron chi connectivity index (χ3n) is 3.82. The van der Waals surface area contributed by atoms with Crippen molar-refractivity contribution in [1.82, 2.24) is 9.55 Å². The van der Waals surface area contributed by atoms with E-state index in [0.29, 0.717) is 0 Å². The van der Waals surface area contributed by atoms with Crippen LogP contribution in [0.3, 0.4) is 0 Å². The van der Waals surface area contributed by atoms with Gasteiger partial charge < -0.3 is 15.0 Å². The van der Waals surface area contributed by atoms with Gasteiger partial charge in [-0.05, 0) is 25.0 Å². The second-order valence-corrected chi connectivity index (χ2v) is 4.75. The van der Waals surface area contributed by atoms with Gasteiger partial charge in [0.05, 0.1) is 23.2 Å². The maximum absolute atomic E-state index is 9.60. The lowest BCUT2D eigenvalue weighted by Gasteiger charge is -2.31. The number of para-hydroxylation sites is 2. The molecule has 2 N–H and O–H groups in total. The van der Waals surface area contributed by atoms with Crippen molar-refractivity contribution in [3.05, 3.63) is 24.3 Å². The lowest BCUT2D eigenvalue weighted by atomic mass is 9.94. The van der Waals surface area contributed by atoms with Crippen LogP contribution in [0.15, 0.2) is 24.3 Å². The molecule has 1 heterocycles. The summed E-state index contributed by atoms with van der Waals surface area (Å²) in [5.74, 6) is 0.814. The predicted molar refractivity (Wildman–Crippen MR) is 74.7 cm³/mol. The molecule has 0 radical (unpaired) electrons. The smallest absolute Gasteiger partial charge is 0.204 e. The van der Waals surface area contributed by atoms with E-state index in [1.54, 1.807) is 0 Å². The Labute approximate surface area is 108 Å². The van der Waals surface area contributed by atoms with E-state index in [2.05, 4.69) is 24.1 Å². The van der Waals surface area contributed by atoms with Crippen molar-refractivity contribution in [1.29, 1.82) is 0 Å². The van der Waals surface area contributed by atoms with Crippen LogP contribution in [0, 0.1) is 0 Å².